The highest BCUT2D eigenvalue weighted by Crippen LogP contribution is 2.41. The summed E-state index contributed by atoms with van der Waals surface area (Å²) in [5.41, 5.74) is -0.794. The lowest BCUT2D eigenvalue weighted by Gasteiger charge is -2.26. The number of hydrogen-bond acceptors (Lipinski definition) is 5. The summed E-state index contributed by atoms with van der Waals surface area (Å²) in [6.45, 7) is 3.92. The quantitative estimate of drug-likeness (QED) is 0.625. The van der Waals surface area contributed by atoms with Crippen LogP contribution in [0.5, 0.6) is 0 Å². The van der Waals surface area contributed by atoms with Crippen molar-refractivity contribution in [2.24, 2.45) is 5.92 Å². The Hall–Kier alpha value is -2.18. The van der Waals surface area contributed by atoms with E-state index in [0.717, 1.165) is 25.1 Å². The molecule has 1 heterocycles. The van der Waals surface area contributed by atoms with Crippen molar-refractivity contribution in [3.8, 4) is 0 Å². The minimum atomic E-state index is -1.23. The summed E-state index contributed by atoms with van der Waals surface area (Å²) < 4.78 is 0. The highest BCUT2D eigenvalue weighted by atomic mass is 16.6. The number of pyridine rings is 1. The van der Waals surface area contributed by atoms with Gasteiger partial charge in [-0.25, -0.2) is 9.78 Å². The molecule has 1 fully saturated rings. The van der Waals surface area contributed by atoms with Gasteiger partial charge in [-0.3, -0.25) is 10.1 Å². The Labute approximate surface area is 109 Å². The van der Waals surface area contributed by atoms with Gasteiger partial charge in [0, 0.05) is 17.8 Å². The largest absolute Gasteiger partial charge is 0.478 e. The number of carbonyl (C=O) groups is 1. The van der Waals surface area contributed by atoms with E-state index in [9.17, 15) is 14.9 Å². The van der Waals surface area contributed by atoms with Gasteiger partial charge in [0.1, 0.15) is 0 Å². The molecule has 1 saturated carbocycles. The molecule has 0 atom stereocenters. The Morgan fingerprint density at radius 1 is 1.58 bits per heavy atom. The van der Waals surface area contributed by atoms with Gasteiger partial charge in [0.15, 0.2) is 0 Å². The first-order chi connectivity index (χ1) is 8.81. The molecule has 2 N–H and O–H groups in total. The average Bonchev–Trinajstić information content (AvgIpc) is 3.12. The van der Waals surface area contributed by atoms with Crippen LogP contribution in [0.25, 0.3) is 0 Å². The lowest BCUT2D eigenvalue weighted by atomic mass is 9.99. The van der Waals surface area contributed by atoms with Crippen LogP contribution >= 0.6 is 0 Å². The number of nitrogens with zero attached hydrogens (tertiary/aromatic N) is 2. The molecule has 0 unspecified atom stereocenters. The molecule has 7 nitrogen and oxygen atoms in total. The zero-order valence-corrected chi connectivity index (χ0v) is 10.7. The molecule has 2 rings (SSSR count). The van der Waals surface area contributed by atoms with E-state index in [1.54, 1.807) is 0 Å². The fourth-order valence-electron chi connectivity index (χ4n) is 2.02. The van der Waals surface area contributed by atoms with Crippen LogP contribution in [0.2, 0.25) is 0 Å². The van der Waals surface area contributed by atoms with Crippen molar-refractivity contribution in [1.82, 2.24) is 4.98 Å². The van der Waals surface area contributed by atoms with Gasteiger partial charge in [-0.2, -0.15) is 0 Å². The number of anilines is 1. The van der Waals surface area contributed by atoms with Crippen molar-refractivity contribution in [2.45, 2.75) is 32.2 Å². The summed E-state index contributed by atoms with van der Waals surface area (Å²) in [6, 6.07) is 1.03. The highest BCUT2D eigenvalue weighted by molar-refractivity contribution is 5.88. The zero-order chi connectivity index (χ0) is 14.2. The van der Waals surface area contributed by atoms with Gasteiger partial charge in [-0.05, 0) is 32.6 Å². The van der Waals surface area contributed by atoms with Crippen LogP contribution in [0.3, 0.4) is 0 Å². The number of hydrogen-bond donors (Lipinski definition) is 2. The van der Waals surface area contributed by atoms with Crippen molar-refractivity contribution >= 4 is 17.5 Å². The van der Waals surface area contributed by atoms with Crippen molar-refractivity contribution in [3.63, 3.8) is 0 Å². The minimum Gasteiger partial charge on any atom is -0.478 e. The Bertz CT molecular complexity index is 538. The fraction of sp³-hybridized carbons (Fsp3) is 0.500. The maximum atomic E-state index is 11.0. The SMILES string of the molecule is CC(C)(Nc1ncc(C(=O)O)cc1[N+](=O)[O-])C1CC1. The maximum Gasteiger partial charge on any atom is 0.337 e. The van der Waals surface area contributed by atoms with Gasteiger partial charge >= 0.3 is 11.7 Å². The maximum absolute atomic E-state index is 11.0. The monoisotopic (exact) mass is 265 g/mol. The van der Waals surface area contributed by atoms with Gasteiger partial charge in [0.05, 0.1) is 10.5 Å². The summed E-state index contributed by atoms with van der Waals surface area (Å²) in [6.07, 6.45) is 3.29. The van der Waals surface area contributed by atoms with Gasteiger partial charge in [-0.1, -0.05) is 0 Å². The Morgan fingerprint density at radius 3 is 2.68 bits per heavy atom. The molecule has 0 aliphatic heterocycles. The second kappa shape index (κ2) is 4.49. The van der Waals surface area contributed by atoms with E-state index in [1.807, 2.05) is 13.8 Å². The zero-order valence-electron chi connectivity index (χ0n) is 10.7. The first kappa shape index (κ1) is 13.3. The number of carboxylic acids is 1. The Morgan fingerprint density at radius 2 is 2.21 bits per heavy atom. The standard InChI is InChI=1S/C12H15N3O4/c1-12(2,8-3-4-8)14-10-9(15(18)19)5-7(6-13-10)11(16)17/h5-6,8H,3-4H2,1-2H3,(H,13,14)(H,16,17). The molecular formula is C12H15N3O4. The van der Waals surface area contributed by atoms with Crippen LogP contribution in [0.4, 0.5) is 11.5 Å². The highest BCUT2D eigenvalue weighted by Gasteiger charge is 2.39. The van der Waals surface area contributed by atoms with E-state index in [2.05, 4.69) is 10.3 Å². The van der Waals surface area contributed by atoms with Gasteiger partial charge < -0.3 is 10.4 Å². The molecule has 102 valence electrons. The second-order valence-corrected chi connectivity index (χ2v) is 5.27. The van der Waals surface area contributed by atoms with E-state index in [1.165, 1.54) is 0 Å². The number of aromatic nitrogens is 1. The third kappa shape index (κ3) is 2.81. The van der Waals surface area contributed by atoms with Gasteiger partial charge in [0.2, 0.25) is 5.82 Å². The third-order valence-electron chi connectivity index (χ3n) is 3.35. The van der Waals surface area contributed by atoms with Crippen molar-refractivity contribution in [1.29, 1.82) is 0 Å². The molecule has 1 aromatic rings. The van der Waals surface area contributed by atoms with Gasteiger partial charge in [-0.15, -0.1) is 0 Å². The normalized spacial score (nSPS) is 15.1. The van der Waals surface area contributed by atoms with Crippen molar-refractivity contribution in [2.75, 3.05) is 5.32 Å². The Balaban J connectivity index is 2.34. The van der Waals surface area contributed by atoms with E-state index in [-0.39, 0.29) is 22.6 Å². The molecule has 1 aliphatic rings. The molecule has 0 amide bonds. The molecular weight excluding hydrogens is 250 g/mol. The van der Waals surface area contributed by atoms with E-state index < -0.39 is 10.9 Å². The molecule has 0 spiro atoms. The first-order valence-electron chi connectivity index (χ1n) is 5.97. The summed E-state index contributed by atoms with van der Waals surface area (Å²) >= 11 is 0. The molecule has 7 heteroatoms. The summed E-state index contributed by atoms with van der Waals surface area (Å²) in [5, 5.41) is 22.9. The van der Waals surface area contributed by atoms with Crippen LogP contribution in [0, 0.1) is 16.0 Å². The number of aromatic carboxylic acids is 1. The molecule has 0 radical (unpaired) electrons. The number of rotatable bonds is 5. The van der Waals surface area contributed by atoms with E-state index >= 15 is 0 Å². The van der Waals surface area contributed by atoms with Crippen LogP contribution in [-0.4, -0.2) is 26.5 Å². The van der Waals surface area contributed by atoms with Crippen molar-refractivity contribution < 1.29 is 14.8 Å². The number of nitro groups is 1. The van der Waals surface area contributed by atoms with Crippen LogP contribution in [-0.2, 0) is 0 Å². The average molecular weight is 265 g/mol. The molecule has 1 aromatic heterocycles. The predicted octanol–water partition coefficient (Wildman–Crippen LogP) is 2.29. The minimum absolute atomic E-state index is 0.118. The third-order valence-corrected chi connectivity index (χ3v) is 3.35. The van der Waals surface area contributed by atoms with E-state index in [4.69, 9.17) is 5.11 Å². The fourth-order valence-corrected chi connectivity index (χ4v) is 2.02. The first-order valence-corrected chi connectivity index (χ1v) is 5.97. The predicted molar refractivity (Wildman–Crippen MR) is 68.3 cm³/mol. The number of carboxylic acid groups (broad SMARTS) is 1. The molecule has 0 bridgehead atoms. The van der Waals surface area contributed by atoms with Crippen LogP contribution in [0.1, 0.15) is 37.0 Å². The van der Waals surface area contributed by atoms with E-state index in [0.29, 0.717) is 5.92 Å². The van der Waals surface area contributed by atoms with Gasteiger partial charge in [0.25, 0.3) is 0 Å². The molecule has 0 saturated heterocycles. The lowest BCUT2D eigenvalue weighted by Crippen LogP contribution is -2.34. The van der Waals surface area contributed by atoms with Crippen molar-refractivity contribution in [3.05, 3.63) is 27.9 Å². The summed E-state index contributed by atoms with van der Waals surface area (Å²) in [5.74, 6) is -0.649. The second-order valence-electron chi connectivity index (χ2n) is 5.27. The van der Waals surface area contributed by atoms with Crippen LogP contribution < -0.4 is 5.32 Å². The van der Waals surface area contributed by atoms with Crippen LogP contribution in [0.15, 0.2) is 12.3 Å². The lowest BCUT2D eigenvalue weighted by molar-refractivity contribution is -0.384. The number of nitrogens with one attached hydrogen (secondary N) is 1. The topological polar surface area (TPSA) is 105 Å². The Kier molecular flexibility index (Phi) is 3.13. The molecule has 0 aromatic carbocycles. The smallest absolute Gasteiger partial charge is 0.337 e. The summed E-state index contributed by atoms with van der Waals surface area (Å²) in [4.78, 5) is 25.1. The molecule has 1 aliphatic carbocycles. The molecule has 19 heavy (non-hydrogen) atoms. The summed E-state index contributed by atoms with van der Waals surface area (Å²) in [7, 11) is 0.